The molecule has 1 aromatic carbocycles. The lowest BCUT2D eigenvalue weighted by Crippen LogP contribution is -2.11. The van der Waals surface area contributed by atoms with Gasteiger partial charge in [-0.25, -0.2) is 13.2 Å². The third-order valence-electron chi connectivity index (χ3n) is 1.86. The number of halogens is 3. The zero-order chi connectivity index (χ0) is 11.4. The Morgan fingerprint density at radius 3 is 2.27 bits per heavy atom. The monoisotopic (exact) mass is 220 g/mol. The number of hydrogen-bond donors (Lipinski definition) is 1. The van der Waals surface area contributed by atoms with Gasteiger partial charge in [0.05, 0.1) is 12.2 Å². The number of rotatable bonds is 4. The average Bonchev–Trinajstić information content (AvgIpc) is 2.12. The molecule has 0 radical (unpaired) electrons. The van der Waals surface area contributed by atoms with Crippen LogP contribution in [-0.2, 0) is 4.74 Å². The summed E-state index contributed by atoms with van der Waals surface area (Å²) in [6.45, 7) is 1.78. The van der Waals surface area contributed by atoms with Gasteiger partial charge in [-0.2, -0.15) is 0 Å². The van der Waals surface area contributed by atoms with Crippen LogP contribution >= 0.6 is 0 Å². The fourth-order valence-corrected chi connectivity index (χ4v) is 1.18. The molecule has 0 aromatic heterocycles. The first-order chi connectivity index (χ1) is 7.06. The largest absolute Gasteiger partial charge is 0.386 e. The molecule has 0 saturated carbocycles. The van der Waals surface area contributed by atoms with Crippen molar-refractivity contribution in [2.24, 2.45) is 0 Å². The molecule has 0 amide bonds. The lowest BCUT2D eigenvalue weighted by molar-refractivity contribution is 0.0380. The molecule has 0 fully saturated rings. The standard InChI is InChI=1S/C10H11F3O2/c1-2-15-5-9(14)10-7(12)3-6(11)4-8(10)13/h3-4,9,14H,2,5H2,1H3. The van der Waals surface area contributed by atoms with Crippen molar-refractivity contribution in [1.29, 1.82) is 0 Å². The summed E-state index contributed by atoms with van der Waals surface area (Å²) in [5.74, 6) is -3.24. The number of hydrogen-bond acceptors (Lipinski definition) is 2. The van der Waals surface area contributed by atoms with Gasteiger partial charge in [0.25, 0.3) is 0 Å². The molecule has 0 saturated heterocycles. The van der Waals surface area contributed by atoms with Gasteiger partial charge in [0, 0.05) is 18.7 Å². The molecule has 0 aliphatic rings. The van der Waals surface area contributed by atoms with Crippen molar-refractivity contribution in [1.82, 2.24) is 0 Å². The van der Waals surface area contributed by atoms with Crippen LogP contribution < -0.4 is 0 Å². The molecule has 2 nitrogen and oxygen atoms in total. The molecule has 0 aliphatic carbocycles. The molecule has 5 heteroatoms. The Hall–Kier alpha value is -1.07. The van der Waals surface area contributed by atoms with E-state index in [4.69, 9.17) is 4.74 Å². The molecule has 0 spiro atoms. The fraction of sp³-hybridized carbons (Fsp3) is 0.400. The van der Waals surface area contributed by atoms with Gasteiger partial charge in [0.15, 0.2) is 0 Å². The average molecular weight is 220 g/mol. The van der Waals surface area contributed by atoms with Crippen molar-refractivity contribution in [3.05, 3.63) is 35.1 Å². The Morgan fingerprint density at radius 1 is 1.27 bits per heavy atom. The van der Waals surface area contributed by atoms with Crippen LogP contribution in [0.15, 0.2) is 12.1 Å². The van der Waals surface area contributed by atoms with Crippen molar-refractivity contribution < 1.29 is 23.0 Å². The summed E-state index contributed by atoms with van der Waals surface area (Å²) >= 11 is 0. The highest BCUT2D eigenvalue weighted by molar-refractivity contribution is 5.23. The Labute approximate surface area is 85.3 Å². The van der Waals surface area contributed by atoms with Gasteiger partial charge in [-0.05, 0) is 6.92 Å². The molecule has 15 heavy (non-hydrogen) atoms. The zero-order valence-electron chi connectivity index (χ0n) is 8.14. The molecule has 0 bridgehead atoms. The maximum atomic E-state index is 13.1. The van der Waals surface area contributed by atoms with Crippen LogP contribution in [0.4, 0.5) is 13.2 Å². The molecule has 1 unspecified atom stereocenters. The fourth-order valence-electron chi connectivity index (χ4n) is 1.18. The maximum Gasteiger partial charge on any atom is 0.134 e. The van der Waals surface area contributed by atoms with E-state index in [2.05, 4.69) is 0 Å². The van der Waals surface area contributed by atoms with E-state index >= 15 is 0 Å². The minimum Gasteiger partial charge on any atom is -0.386 e. The third-order valence-corrected chi connectivity index (χ3v) is 1.86. The first-order valence-corrected chi connectivity index (χ1v) is 4.46. The first-order valence-electron chi connectivity index (χ1n) is 4.46. The molecule has 1 aromatic rings. The zero-order valence-corrected chi connectivity index (χ0v) is 8.14. The second-order valence-electron chi connectivity index (χ2n) is 2.96. The quantitative estimate of drug-likeness (QED) is 0.842. The lowest BCUT2D eigenvalue weighted by Gasteiger charge is -2.12. The molecule has 0 aliphatic heterocycles. The van der Waals surface area contributed by atoms with Gasteiger partial charge in [-0.15, -0.1) is 0 Å². The summed E-state index contributed by atoms with van der Waals surface area (Å²) in [7, 11) is 0. The van der Waals surface area contributed by atoms with Gasteiger partial charge >= 0.3 is 0 Å². The molecular weight excluding hydrogens is 209 g/mol. The highest BCUT2D eigenvalue weighted by atomic mass is 19.1. The van der Waals surface area contributed by atoms with Crippen molar-refractivity contribution in [2.75, 3.05) is 13.2 Å². The van der Waals surface area contributed by atoms with Gasteiger partial charge in [-0.3, -0.25) is 0 Å². The van der Waals surface area contributed by atoms with Crippen molar-refractivity contribution >= 4 is 0 Å². The highest BCUT2D eigenvalue weighted by Gasteiger charge is 2.19. The van der Waals surface area contributed by atoms with E-state index in [1.54, 1.807) is 6.92 Å². The summed E-state index contributed by atoms with van der Waals surface area (Å²) in [5, 5.41) is 9.38. The van der Waals surface area contributed by atoms with E-state index in [0.717, 1.165) is 0 Å². The molecule has 0 heterocycles. The normalized spacial score (nSPS) is 12.9. The molecule has 1 N–H and O–H groups in total. The number of ether oxygens (including phenoxy) is 1. The molecule has 1 atom stereocenters. The van der Waals surface area contributed by atoms with Gasteiger partial charge in [0.2, 0.25) is 0 Å². The predicted molar refractivity (Wildman–Crippen MR) is 47.8 cm³/mol. The van der Waals surface area contributed by atoms with E-state index in [9.17, 15) is 18.3 Å². The Bertz CT molecular complexity index is 318. The minimum absolute atomic E-state index is 0.226. The summed E-state index contributed by atoms with van der Waals surface area (Å²) < 4.78 is 43.5. The van der Waals surface area contributed by atoms with Crippen LogP contribution in [0.1, 0.15) is 18.6 Å². The number of aliphatic hydroxyl groups is 1. The van der Waals surface area contributed by atoms with Gasteiger partial charge in [0.1, 0.15) is 23.6 Å². The molecule has 1 rings (SSSR count). The number of aliphatic hydroxyl groups excluding tert-OH is 1. The van der Waals surface area contributed by atoms with E-state index in [0.29, 0.717) is 18.7 Å². The Morgan fingerprint density at radius 2 is 1.80 bits per heavy atom. The number of benzene rings is 1. The van der Waals surface area contributed by atoms with Crippen LogP contribution in [-0.4, -0.2) is 18.3 Å². The van der Waals surface area contributed by atoms with Crippen LogP contribution in [0.5, 0.6) is 0 Å². The summed E-state index contributed by atoms with van der Waals surface area (Å²) in [6.07, 6.45) is -1.43. The highest BCUT2D eigenvalue weighted by Crippen LogP contribution is 2.22. The van der Waals surface area contributed by atoms with Crippen LogP contribution in [0.25, 0.3) is 0 Å². The van der Waals surface area contributed by atoms with Crippen LogP contribution in [0.3, 0.4) is 0 Å². The SMILES string of the molecule is CCOCC(O)c1c(F)cc(F)cc1F. The third kappa shape index (κ3) is 2.94. The van der Waals surface area contributed by atoms with Gasteiger partial charge in [-0.1, -0.05) is 0 Å². The Balaban J connectivity index is 2.92. The topological polar surface area (TPSA) is 29.5 Å². The Kier molecular flexibility index (Phi) is 4.11. The molecule has 84 valence electrons. The van der Waals surface area contributed by atoms with Crippen molar-refractivity contribution in [2.45, 2.75) is 13.0 Å². The first kappa shape index (κ1) is 12.0. The van der Waals surface area contributed by atoms with Crippen molar-refractivity contribution in [3.8, 4) is 0 Å². The van der Waals surface area contributed by atoms with E-state index in [-0.39, 0.29) is 6.61 Å². The summed E-state index contributed by atoms with van der Waals surface area (Å²) in [6, 6.07) is 1.04. The van der Waals surface area contributed by atoms with Crippen LogP contribution in [0, 0.1) is 17.5 Å². The predicted octanol–water partition coefficient (Wildman–Crippen LogP) is 2.17. The van der Waals surface area contributed by atoms with E-state index in [1.165, 1.54) is 0 Å². The molecular formula is C10H11F3O2. The van der Waals surface area contributed by atoms with Gasteiger partial charge < -0.3 is 9.84 Å². The lowest BCUT2D eigenvalue weighted by atomic mass is 10.1. The van der Waals surface area contributed by atoms with Crippen molar-refractivity contribution in [3.63, 3.8) is 0 Å². The van der Waals surface area contributed by atoms with Crippen LogP contribution in [0.2, 0.25) is 0 Å². The smallest absolute Gasteiger partial charge is 0.134 e. The van der Waals surface area contributed by atoms with E-state index < -0.39 is 29.1 Å². The summed E-state index contributed by atoms with van der Waals surface area (Å²) in [4.78, 5) is 0. The maximum absolute atomic E-state index is 13.1. The summed E-state index contributed by atoms with van der Waals surface area (Å²) in [5.41, 5.74) is -0.565. The second kappa shape index (κ2) is 5.14. The van der Waals surface area contributed by atoms with E-state index in [1.807, 2.05) is 0 Å². The minimum atomic E-state index is -1.43. The second-order valence-corrected chi connectivity index (χ2v) is 2.96.